The maximum atomic E-state index is 12.4. The highest BCUT2D eigenvalue weighted by molar-refractivity contribution is 5.82. The van der Waals surface area contributed by atoms with Crippen LogP contribution < -0.4 is 10.1 Å². The number of carbonyl (C=O) groups is 2. The number of amides is 1. The van der Waals surface area contributed by atoms with Gasteiger partial charge >= 0.3 is 12.1 Å². The van der Waals surface area contributed by atoms with Gasteiger partial charge < -0.3 is 14.8 Å². The number of nitrogens with zero attached hydrogens (tertiary/aromatic N) is 1. The molecule has 1 atom stereocenters. The lowest BCUT2D eigenvalue weighted by atomic mass is 10.1. The Morgan fingerprint density at radius 2 is 1.79 bits per heavy atom. The van der Waals surface area contributed by atoms with E-state index < -0.39 is 23.0 Å². The number of rotatable bonds is 9. The van der Waals surface area contributed by atoms with Crippen LogP contribution >= 0.6 is 0 Å². The Morgan fingerprint density at radius 3 is 2.39 bits per heavy atom. The number of alkyl carbamates (subject to hydrolysis) is 1. The molecule has 1 amide bonds. The van der Waals surface area contributed by atoms with Gasteiger partial charge in [-0.05, 0) is 24.1 Å². The first kappa shape index (κ1) is 20.9. The molecule has 8 heteroatoms. The number of esters is 1. The number of nitro groups is 1. The Kier molecular flexibility index (Phi) is 7.95. The van der Waals surface area contributed by atoms with E-state index in [4.69, 9.17) is 9.47 Å². The van der Waals surface area contributed by atoms with Gasteiger partial charge in [-0.15, -0.1) is 0 Å². The molecular formula is C20H22N2O6. The van der Waals surface area contributed by atoms with E-state index in [0.29, 0.717) is 12.8 Å². The Labute approximate surface area is 162 Å². The molecule has 0 saturated heterocycles. The van der Waals surface area contributed by atoms with Gasteiger partial charge in [0.05, 0.1) is 4.92 Å². The van der Waals surface area contributed by atoms with Gasteiger partial charge in [0.25, 0.3) is 5.69 Å². The van der Waals surface area contributed by atoms with Crippen LogP contribution in [0.25, 0.3) is 0 Å². The van der Waals surface area contributed by atoms with Crippen molar-refractivity contribution < 1.29 is 24.0 Å². The van der Waals surface area contributed by atoms with Crippen LogP contribution in [0.2, 0.25) is 0 Å². The lowest BCUT2D eigenvalue weighted by Gasteiger charge is -2.17. The second-order valence-electron chi connectivity index (χ2n) is 6.07. The number of hydrogen-bond acceptors (Lipinski definition) is 6. The predicted molar refractivity (Wildman–Crippen MR) is 102 cm³/mol. The second kappa shape index (κ2) is 10.7. The van der Waals surface area contributed by atoms with E-state index in [2.05, 4.69) is 5.32 Å². The maximum absolute atomic E-state index is 12.4. The summed E-state index contributed by atoms with van der Waals surface area (Å²) in [5.74, 6) is -0.490. The molecule has 0 saturated carbocycles. The van der Waals surface area contributed by atoms with Crippen LogP contribution in [0.1, 0.15) is 31.7 Å². The van der Waals surface area contributed by atoms with Crippen molar-refractivity contribution in [1.29, 1.82) is 0 Å². The largest absolute Gasteiger partial charge is 0.445 e. The zero-order valence-electron chi connectivity index (χ0n) is 15.5. The molecule has 0 fully saturated rings. The number of carbonyl (C=O) groups excluding carboxylic acids is 2. The summed E-state index contributed by atoms with van der Waals surface area (Å²) in [5.41, 5.74) is 0.723. The molecule has 0 aromatic heterocycles. The molecule has 2 rings (SSSR count). The lowest BCUT2D eigenvalue weighted by molar-refractivity contribution is -0.384. The van der Waals surface area contributed by atoms with Gasteiger partial charge in [0.2, 0.25) is 0 Å². The third-order valence-corrected chi connectivity index (χ3v) is 3.90. The summed E-state index contributed by atoms with van der Waals surface area (Å²) in [7, 11) is 0. The quantitative estimate of drug-likeness (QED) is 0.302. The fraction of sp³-hybridized carbons (Fsp3) is 0.300. The molecule has 0 spiro atoms. The summed E-state index contributed by atoms with van der Waals surface area (Å²) in [6, 6.07) is 13.5. The molecule has 1 N–H and O–H groups in total. The summed E-state index contributed by atoms with van der Waals surface area (Å²) < 4.78 is 10.4. The molecule has 0 radical (unpaired) electrons. The van der Waals surface area contributed by atoms with Gasteiger partial charge in [-0.25, -0.2) is 9.59 Å². The molecule has 2 aromatic rings. The molecule has 0 aliphatic rings. The maximum Gasteiger partial charge on any atom is 0.408 e. The average Bonchev–Trinajstić information content (AvgIpc) is 2.70. The minimum atomic E-state index is -0.876. The van der Waals surface area contributed by atoms with Gasteiger partial charge in [0.1, 0.15) is 18.4 Å². The smallest absolute Gasteiger partial charge is 0.408 e. The Balaban J connectivity index is 1.93. The summed E-state index contributed by atoms with van der Waals surface area (Å²) >= 11 is 0. The van der Waals surface area contributed by atoms with Crippen molar-refractivity contribution >= 4 is 17.7 Å². The van der Waals surface area contributed by atoms with Crippen LogP contribution in [-0.4, -0.2) is 23.0 Å². The highest BCUT2D eigenvalue weighted by Crippen LogP contribution is 2.18. The topological polar surface area (TPSA) is 108 Å². The SMILES string of the molecule is CCCCC(NC(=O)OCc1ccccc1)C(=O)Oc1ccc([N+](=O)[O-])cc1. The minimum Gasteiger partial charge on any atom is -0.445 e. The fourth-order valence-electron chi connectivity index (χ4n) is 2.39. The average molecular weight is 386 g/mol. The molecule has 0 aliphatic carbocycles. The van der Waals surface area contributed by atoms with Crippen molar-refractivity contribution in [2.75, 3.05) is 0 Å². The van der Waals surface area contributed by atoms with Crippen LogP contribution in [0, 0.1) is 10.1 Å². The van der Waals surface area contributed by atoms with Crippen molar-refractivity contribution in [3.8, 4) is 5.75 Å². The molecule has 1 unspecified atom stereocenters. The lowest BCUT2D eigenvalue weighted by Crippen LogP contribution is -2.43. The number of unbranched alkanes of at least 4 members (excludes halogenated alkanes) is 1. The highest BCUT2D eigenvalue weighted by Gasteiger charge is 2.23. The van der Waals surface area contributed by atoms with Crippen molar-refractivity contribution in [2.24, 2.45) is 0 Å². The Bertz CT molecular complexity index is 792. The van der Waals surface area contributed by atoms with Crippen molar-refractivity contribution in [1.82, 2.24) is 5.32 Å². The molecule has 8 nitrogen and oxygen atoms in total. The van der Waals surface area contributed by atoms with Crippen molar-refractivity contribution in [2.45, 2.75) is 38.8 Å². The zero-order valence-corrected chi connectivity index (χ0v) is 15.5. The van der Waals surface area contributed by atoms with E-state index in [9.17, 15) is 19.7 Å². The number of nitro benzene ring substituents is 1. The number of non-ortho nitro benzene ring substituents is 1. The standard InChI is InChI=1S/C20H22N2O6/c1-2-3-9-18(21-20(24)27-14-15-7-5-4-6-8-15)19(23)28-17-12-10-16(11-13-17)22(25)26/h4-8,10-13,18H,2-3,9,14H2,1H3,(H,21,24). The summed E-state index contributed by atoms with van der Waals surface area (Å²) in [5, 5.41) is 13.2. The van der Waals surface area contributed by atoms with Crippen molar-refractivity contribution in [3.63, 3.8) is 0 Å². The third kappa shape index (κ3) is 6.71. The first-order valence-electron chi connectivity index (χ1n) is 8.93. The first-order valence-corrected chi connectivity index (χ1v) is 8.93. The van der Waals surface area contributed by atoms with Gasteiger partial charge in [0, 0.05) is 12.1 Å². The molecule has 28 heavy (non-hydrogen) atoms. The predicted octanol–water partition coefficient (Wildman–Crippen LogP) is 3.99. The Morgan fingerprint density at radius 1 is 1.11 bits per heavy atom. The normalized spacial score (nSPS) is 11.3. The van der Waals surface area contributed by atoms with E-state index in [1.165, 1.54) is 24.3 Å². The molecule has 148 valence electrons. The van der Waals surface area contributed by atoms with E-state index in [1.54, 1.807) is 0 Å². The van der Waals surface area contributed by atoms with Gasteiger partial charge in [-0.2, -0.15) is 0 Å². The molecular weight excluding hydrogens is 364 g/mol. The van der Waals surface area contributed by atoms with Crippen LogP contribution in [0.4, 0.5) is 10.5 Å². The minimum absolute atomic E-state index is 0.0879. The summed E-state index contributed by atoms with van der Waals surface area (Å²) in [6.07, 6.45) is 1.22. The fourth-order valence-corrected chi connectivity index (χ4v) is 2.39. The van der Waals surface area contributed by atoms with E-state index in [-0.39, 0.29) is 18.0 Å². The monoisotopic (exact) mass is 386 g/mol. The summed E-state index contributed by atoms with van der Waals surface area (Å²) in [6.45, 7) is 2.05. The highest BCUT2D eigenvalue weighted by atomic mass is 16.6. The number of benzene rings is 2. The van der Waals surface area contributed by atoms with E-state index in [0.717, 1.165) is 12.0 Å². The summed E-state index contributed by atoms with van der Waals surface area (Å²) in [4.78, 5) is 34.6. The molecule has 0 heterocycles. The van der Waals surface area contributed by atoms with E-state index in [1.807, 2.05) is 37.3 Å². The molecule has 0 aliphatic heterocycles. The van der Waals surface area contributed by atoms with Gasteiger partial charge in [-0.1, -0.05) is 50.1 Å². The molecule has 2 aromatic carbocycles. The Hall–Kier alpha value is -3.42. The second-order valence-corrected chi connectivity index (χ2v) is 6.07. The van der Waals surface area contributed by atoms with Crippen LogP contribution in [-0.2, 0) is 16.1 Å². The number of hydrogen-bond donors (Lipinski definition) is 1. The first-order chi connectivity index (χ1) is 13.5. The van der Waals surface area contributed by atoms with Crippen LogP contribution in [0.5, 0.6) is 5.75 Å². The van der Waals surface area contributed by atoms with Crippen LogP contribution in [0.3, 0.4) is 0 Å². The third-order valence-electron chi connectivity index (χ3n) is 3.90. The van der Waals surface area contributed by atoms with Crippen LogP contribution in [0.15, 0.2) is 54.6 Å². The van der Waals surface area contributed by atoms with Crippen molar-refractivity contribution in [3.05, 3.63) is 70.3 Å². The molecule has 0 bridgehead atoms. The zero-order chi connectivity index (χ0) is 20.4. The van der Waals surface area contributed by atoms with Gasteiger partial charge in [-0.3, -0.25) is 10.1 Å². The number of ether oxygens (including phenoxy) is 2. The van der Waals surface area contributed by atoms with Gasteiger partial charge in [0.15, 0.2) is 0 Å². The number of nitrogens with one attached hydrogen (secondary N) is 1. The van der Waals surface area contributed by atoms with E-state index >= 15 is 0 Å².